The van der Waals surface area contributed by atoms with Crippen LogP contribution in [0.25, 0.3) is 0 Å². The van der Waals surface area contributed by atoms with Crippen molar-refractivity contribution in [2.75, 3.05) is 26.4 Å². The minimum atomic E-state index is -0.434. The summed E-state index contributed by atoms with van der Waals surface area (Å²) in [6.45, 7) is 2.26. The van der Waals surface area contributed by atoms with E-state index in [2.05, 4.69) is 28.1 Å². The van der Waals surface area contributed by atoms with Gasteiger partial charge < -0.3 is 14.4 Å². The Balaban J connectivity index is 1.76. The van der Waals surface area contributed by atoms with Crippen molar-refractivity contribution in [2.24, 2.45) is 0 Å². The maximum Gasteiger partial charge on any atom is 0.254 e. The molecule has 0 bridgehead atoms. The molecule has 2 aliphatic rings. The Morgan fingerprint density at radius 1 is 1.35 bits per heavy atom. The molecule has 5 heteroatoms. The number of hydrogen-bond acceptors (Lipinski definition) is 3. The van der Waals surface area contributed by atoms with E-state index in [-0.39, 0.29) is 11.9 Å². The number of hydrogen-bond donors (Lipinski definition) is 0. The summed E-state index contributed by atoms with van der Waals surface area (Å²) in [4.78, 5) is 14.5. The first-order valence-corrected chi connectivity index (χ1v) is 7.80. The molecular weight excluding hydrogens is 322 g/mol. The quantitative estimate of drug-likeness (QED) is 0.831. The van der Waals surface area contributed by atoms with Crippen molar-refractivity contribution in [3.05, 3.63) is 34.3 Å². The molecule has 0 saturated carbocycles. The van der Waals surface area contributed by atoms with Gasteiger partial charge in [0.15, 0.2) is 6.10 Å². The van der Waals surface area contributed by atoms with Crippen molar-refractivity contribution < 1.29 is 14.3 Å². The van der Waals surface area contributed by atoms with Crippen molar-refractivity contribution in [1.29, 1.82) is 0 Å². The maximum atomic E-state index is 12.6. The predicted octanol–water partition coefficient (Wildman–Crippen LogP) is 2.53. The van der Waals surface area contributed by atoms with Crippen LogP contribution in [0.3, 0.4) is 0 Å². The standard InChI is InChI=1S/C15H18BrNO3/c16-12-4-1-3-11(9-12)13-5-2-6-17(13)15(18)14-10-19-7-8-20-14/h1,3-4,9,13-14H,2,5-8,10H2/t13-,14-/m0/s1. The molecule has 4 nitrogen and oxygen atoms in total. The topological polar surface area (TPSA) is 38.8 Å². The number of nitrogens with zero attached hydrogens (tertiary/aromatic N) is 1. The molecule has 1 amide bonds. The van der Waals surface area contributed by atoms with Crippen LogP contribution in [-0.4, -0.2) is 43.3 Å². The van der Waals surface area contributed by atoms with Crippen molar-refractivity contribution >= 4 is 21.8 Å². The zero-order chi connectivity index (χ0) is 13.9. The van der Waals surface area contributed by atoms with E-state index in [4.69, 9.17) is 9.47 Å². The van der Waals surface area contributed by atoms with Gasteiger partial charge in [0.25, 0.3) is 5.91 Å². The fraction of sp³-hybridized carbons (Fsp3) is 0.533. The van der Waals surface area contributed by atoms with Crippen LogP contribution in [0.15, 0.2) is 28.7 Å². The van der Waals surface area contributed by atoms with E-state index in [1.54, 1.807) is 0 Å². The van der Waals surface area contributed by atoms with Gasteiger partial charge in [-0.05, 0) is 30.5 Å². The smallest absolute Gasteiger partial charge is 0.254 e. The van der Waals surface area contributed by atoms with Crippen LogP contribution in [0, 0.1) is 0 Å². The van der Waals surface area contributed by atoms with Gasteiger partial charge in [-0.25, -0.2) is 0 Å². The first-order valence-electron chi connectivity index (χ1n) is 7.01. The largest absolute Gasteiger partial charge is 0.376 e. The summed E-state index contributed by atoms with van der Waals surface area (Å²) < 4.78 is 11.9. The third kappa shape index (κ3) is 2.90. The second-order valence-electron chi connectivity index (χ2n) is 5.18. The molecule has 2 fully saturated rings. The third-order valence-electron chi connectivity index (χ3n) is 3.86. The molecule has 1 aromatic carbocycles. The lowest BCUT2D eigenvalue weighted by molar-refractivity contribution is -0.158. The van der Waals surface area contributed by atoms with E-state index < -0.39 is 6.10 Å². The molecule has 0 aliphatic carbocycles. The molecule has 0 N–H and O–H groups in total. The van der Waals surface area contributed by atoms with E-state index in [0.29, 0.717) is 19.8 Å². The Kier molecular flexibility index (Phi) is 4.38. The Bertz CT molecular complexity index is 488. The summed E-state index contributed by atoms with van der Waals surface area (Å²) >= 11 is 3.49. The van der Waals surface area contributed by atoms with Crippen molar-refractivity contribution in [1.82, 2.24) is 4.90 Å². The number of amides is 1. The second kappa shape index (κ2) is 6.24. The van der Waals surface area contributed by atoms with Gasteiger partial charge in [-0.15, -0.1) is 0 Å². The molecule has 20 heavy (non-hydrogen) atoms. The number of halogens is 1. The van der Waals surface area contributed by atoms with Crippen LogP contribution in [0.4, 0.5) is 0 Å². The summed E-state index contributed by atoms with van der Waals surface area (Å²) in [5.41, 5.74) is 1.18. The van der Waals surface area contributed by atoms with E-state index in [9.17, 15) is 4.79 Å². The molecule has 2 heterocycles. The van der Waals surface area contributed by atoms with Crippen molar-refractivity contribution in [3.63, 3.8) is 0 Å². The van der Waals surface area contributed by atoms with Gasteiger partial charge >= 0.3 is 0 Å². The molecule has 0 spiro atoms. The van der Waals surface area contributed by atoms with E-state index in [1.807, 2.05) is 17.0 Å². The number of carbonyl (C=O) groups is 1. The van der Waals surface area contributed by atoms with Gasteiger partial charge in [-0.1, -0.05) is 28.1 Å². The molecule has 3 rings (SSSR count). The lowest BCUT2D eigenvalue weighted by Gasteiger charge is -2.30. The molecule has 2 atom stereocenters. The van der Waals surface area contributed by atoms with Crippen LogP contribution in [0.5, 0.6) is 0 Å². The Morgan fingerprint density at radius 3 is 3.00 bits per heavy atom. The molecule has 0 radical (unpaired) electrons. The summed E-state index contributed by atoms with van der Waals surface area (Å²) in [6, 6.07) is 8.35. The lowest BCUT2D eigenvalue weighted by atomic mass is 10.0. The monoisotopic (exact) mass is 339 g/mol. The van der Waals surface area contributed by atoms with Gasteiger partial charge in [0.1, 0.15) is 0 Å². The highest BCUT2D eigenvalue weighted by molar-refractivity contribution is 9.10. The molecule has 0 unspecified atom stereocenters. The second-order valence-corrected chi connectivity index (χ2v) is 6.09. The van der Waals surface area contributed by atoms with Crippen LogP contribution in [0.1, 0.15) is 24.4 Å². The molecule has 1 aromatic rings. The number of rotatable bonds is 2. The van der Waals surface area contributed by atoms with Crippen molar-refractivity contribution in [3.8, 4) is 0 Å². The average molecular weight is 340 g/mol. The molecular formula is C15H18BrNO3. The van der Waals surface area contributed by atoms with Gasteiger partial charge in [-0.3, -0.25) is 4.79 Å². The van der Waals surface area contributed by atoms with Crippen LogP contribution >= 0.6 is 15.9 Å². The predicted molar refractivity (Wildman–Crippen MR) is 78.4 cm³/mol. The van der Waals surface area contributed by atoms with Crippen LogP contribution in [0.2, 0.25) is 0 Å². The van der Waals surface area contributed by atoms with Gasteiger partial charge in [0, 0.05) is 11.0 Å². The van der Waals surface area contributed by atoms with Crippen LogP contribution in [-0.2, 0) is 14.3 Å². The Morgan fingerprint density at radius 2 is 2.25 bits per heavy atom. The summed E-state index contributed by atoms with van der Waals surface area (Å²) in [7, 11) is 0. The minimum Gasteiger partial charge on any atom is -0.376 e. The Labute approximate surface area is 127 Å². The fourth-order valence-corrected chi connectivity index (χ4v) is 3.32. The fourth-order valence-electron chi connectivity index (χ4n) is 2.91. The van der Waals surface area contributed by atoms with Gasteiger partial charge in [-0.2, -0.15) is 0 Å². The number of ether oxygens (including phenoxy) is 2. The highest BCUT2D eigenvalue weighted by atomic mass is 79.9. The molecule has 2 aliphatic heterocycles. The third-order valence-corrected chi connectivity index (χ3v) is 4.35. The molecule has 2 saturated heterocycles. The highest BCUT2D eigenvalue weighted by Gasteiger charge is 2.35. The van der Waals surface area contributed by atoms with Crippen molar-refractivity contribution in [2.45, 2.75) is 25.0 Å². The summed E-state index contributed by atoms with van der Waals surface area (Å²) in [6.07, 6.45) is 1.61. The summed E-state index contributed by atoms with van der Waals surface area (Å²) in [5, 5.41) is 0. The number of benzene rings is 1. The first kappa shape index (κ1) is 14.0. The summed E-state index contributed by atoms with van der Waals surface area (Å²) in [5.74, 6) is 0.0622. The van der Waals surface area contributed by atoms with Gasteiger partial charge in [0.05, 0.1) is 25.9 Å². The van der Waals surface area contributed by atoms with Crippen LogP contribution < -0.4 is 0 Å². The first-order chi connectivity index (χ1) is 9.75. The number of carbonyl (C=O) groups excluding carboxylic acids is 1. The zero-order valence-corrected chi connectivity index (χ0v) is 12.8. The molecule has 0 aromatic heterocycles. The minimum absolute atomic E-state index is 0.0622. The SMILES string of the molecule is O=C([C@@H]1COCCO1)N1CCC[C@H]1c1cccc(Br)c1. The number of likely N-dealkylation sites (tertiary alicyclic amines) is 1. The van der Waals surface area contributed by atoms with E-state index in [0.717, 1.165) is 23.9 Å². The molecule has 108 valence electrons. The van der Waals surface area contributed by atoms with E-state index >= 15 is 0 Å². The lowest BCUT2D eigenvalue weighted by Crippen LogP contribution is -2.45. The van der Waals surface area contributed by atoms with E-state index in [1.165, 1.54) is 5.56 Å². The normalized spacial score (nSPS) is 26.8. The zero-order valence-electron chi connectivity index (χ0n) is 11.3. The van der Waals surface area contributed by atoms with Gasteiger partial charge in [0.2, 0.25) is 0 Å². The maximum absolute atomic E-state index is 12.6. The highest BCUT2D eigenvalue weighted by Crippen LogP contribution is 2.33. The average Bonchev–Trinajstić information content (AvgIpc) is 2.97. The Hall–Kier alpha value is -0.910.